The minimum absolute atomic E-state index is 0.284. The Morgan fingerprint density at radius 3 is 2.67 bits per heavy atom. The average Bonchev–Trinajstić information content (AvgIpc) is 2.27. The third kappa shape index (κ3) is 3.17. The molecule has 1 aliphatic rings. The van der Waals surface area contributed by atoms with Crippen LogP contribution in [0.15, 0.2) is 22.7 Å². The van der Waals surface area contributed by atoms with Crippen LogP contribution >= 0.6 is 15.9 Å². The lowest BCUT2D eigenvalue weighted by atomic mass is 10.1. The highest BCUT2D eigenvalue weighted by atomic mass is 79.9. The standard InChI is InChI=1S/C12H14BrF3N2/c1-8-7-18(3-2-17-8)11-5-9(12(14,15)16)4-10(13)6-11/h4-6,8,17H,2-3,7H2,1H3. The summed E-state index contributed by atoms with van der Waals surface area (Å²) in [5.41, 5.74) is 0.00288. The van der Waals surface area contributed by atoms with E-state index in [0.717, 1.165) is 19.2 Å². The molecular weight excluding hydrogens is 309 g/mol. The van der Waals surface area contributed by atoms with Crippen molar-refractivity contribution in [1.82, 2.24) is 5.32 Å². The Balaban J connectivity index is 2.30. The average molecular weight is 323 g/mol. The number of anilines is 1. The van der Waals surface area contributed by atoms with Crippen molar-refractivity contribution in [3.63, 3.8) is 0 Å². The van der Waals surface area contributed by atoms with Crippen LogP contribution in [0.2, 0.25) is 0 Å². The van der Waals surface area contributed by atoms with Crippen molar-refractivity contribution in [3.05, 3.63) is 28.2 Å². The number of hydrogen-bond donors (Lipinski definition) is 1. The Bertz CT molecular complexity index is 434. The minimum atomic E-state index is -4.31. The molecule has 1 aromatic rings. The van der Waals surface area contributed by atoms with Gasteiger partial charge in [0.25, 0.3) is 0 Å². The molecule has 0 bridgehead atoms. The van der Waals surface area contributed by atoms with Crippen LogP contribution in [0.1, 0.15) is 12.5 Å². The Kier molecular flexibility index (Phi) is 3.87. The summed E-state index contributed by atoms with van der Waals surface area (Å²) in [4.78, 5) is 1.97. The summed E-state index contributed by atoms with van der Waals surface area (Å²) >= 11 is 3.14. The summed E-state index contributed by atoms with van der Waals surface area (Å²) in [6.07, 6.45) is -4.31. The van der Waals surface area contributed by atoms with Gasteiger partial charge in [-0.25, -0.2) is 0 Å². The van der Waals surface area contributed by atoms with Crippen molar-refractivity contribution in [3.8, 4) is 0 Å². The zero-order chi connectivity index (χ0) is 13.3. The van der Waals surface area contributed by atoms with E-state index < -0.39 is 11.7 Å². The maximum Gasteiger partial charge on any atom is 0.416 e. The topological polar surface area (TPSA) is 15.3 Å². The lowest BCUT2D eigenvalue weighted by Gasteiger charge is -2.34. The Morgan fingerprint density at radius 2 is 2.06 bits per heavy atom. The first-order chi connectivity index (χ1) is 8.36. The number of nitrogens with one attached hydrogen (secondary N) is 1. The molecule has 0 aliphatic carbocycles. The molecule has 1 fully saturated rings. The fourth-order valence-electron chi connectivity index (χ4n) is 2.09. The molecule has 1 atom stereocenters. The lowest BCUT2D eigenvalue weighted by Crippen LogP contribution is -2.49. The Hall–Kier alpha value is -0.750. The zero-order valence-corrected chi connectivity index (χ0v) is 11.5. The number of hydrogen-bond acceptors (Lipinski definition) is 2. The van der Waals surface area contributed by atoms with Crippen LogP contribution in [0.25, 0.3) is 0 Å². The maximum absolute atomic E-state index is 12.7. The van der Waals surface area contributed by atoms with Gasteiger partial charge in [-0.15, -0.1) is 0 Å². The molecule has 0 radical (unpaired) electrons. The third-order valence-corrected chi connectivity index (χ3v) is 3.40. The molecule has 1 N–H and O–H groups in total. The van der Waals surface area contributed by atoms with Gasteiger partial charge in [-0.2, -0.15) is 13.2 Å². The molecule has 1 aromatic carbocycles. The molecular formula is C12H14BrF3N2. The molecule has 2 nitrogen and oxygen atoms in total. The first-order valence-electron chi connectivity index (χ1n) is 5.72. The molecule has 18 heavy (non-hydrogen) atoms. The van der Waals surface area contributed by atoms with Gasteiger partial charge in [-0.1, -0.05) is 15.9 Å². The van der Waals surface area contributed by atoms with E-state index >= 15 is 0 Å². The molecule has 1 aliphatic heterocycles. The van der Waals surface area contributed by atoms with Crippen LogP contribution in [0.4, 0.5) is 18.9 Å². The maximum atomic E-state index is 12.7. The number of nitrogens with zero attached hydrogens (tertiary/aromatic N) is 1. The summed E-state index contributed by atoms with van der Waals surface area (Å²) in [5, 5.41) is 3.27. The second-order valence-electron chi connectivity index (χ2n) is 4.50. The predicted octanol–water partition coefficient (Wildman–Crippen LogP) is 3.27. The number of rotatable bonds is 1. The first-order valence-corrected chi connectivity index (χ1v) is 6.51. The van der Waals surface area contributed by atoms with Gasteiger partial charge in [0.05, 0.1) is 5.56 Å². The van der Waals surface area contributed by atoms with Gasteiger partial charge in [-0.3, -0.25) is 0 Å². The number of halogens is 4. The van der Waals surface area contributed by atoms with Crippen molar-refractivity contribution in [1.29, 1.82) is 0 Å². The highest BCUT2D eigenvalue weighted by Crippen LogP contribution is 2.34. The van der Waals surface area contributed by atoms with Crippen LogP contribution in [0, 0.1) is 0 Å². The van der Waals surface area contributed by atoms with Crippen LogP contribution in [0.5, 0.6) is 0 Å². The van der Waals surface area contributed by atoms with Crippen LogP contribution in [0.3, 0.4) is 0 Å². The van der Waals surface area contributed by atoms with E-state index in [4.69, 9.17) is 0 Å². The summed E-state index contributed by atoms with van der Waals surface area (Å²) in [7, 11) is 0. The molecule has 0 amide bonds. The van der Waals surface area contributed by atoms with Gasteiger partial charge in [0.15, 0.2) is 0 Å². The first kappa shape index (κ1) is 13.7. The monoisotopic (exact) mass is 322 g/mol. The third-order valence-electron chi connectivity index (χ3n) is 2.94. The van der Waals surface area contributed by atoms with Crippen LogP contribution in [-0.2, 0) is 6.18 Å². The van der Waals surface area contributed by atoms with Gasteiger partial charge in [-0.05, 0) is 25.1 Å². The highest BCUT2D eigenvalue weighted by Gasteiger charge is 2.31. The Morgan fingerprint density at radius 1 is 1.33 bits per heavy atom. The van der Waals surface area contributed by atoms with Gasteiger partial charge >= 0.3 is 6.18 Å². The summed E-state index contributed by atoms with van der Waals surface area (Å²) < 4.78 is 38.7. The van der Waals surface area contributed by atoms with Gasteiger partial charge in [0.1, 0.15) is 0 Å². The molecule has 1 unspecified atom stereocenters. The fourth-order valence-corrected chi connectivity index (χ4v) is 2.57. The Labute approximate surface area is 112 Å². The smallest absolute Gasteiger partial charge is 0.369 e. The van der Waals surface area contributed by atoms with E-state index in [9.17, 15) is 13.2 Å². The van der Waals surface area contributed by atoms with Crippen LogP contribution in [-0.4, -0.2) is 25.7 Å². The predicted molar refractivity (Wildman–Crippen MR) is 68.8 cm³/mol. The molecule has 2 rings (SSSR count). The number of benzene rings is 1. The summed E-state index contributed by atoms with van der Waals surface area (Å²) in [6, 6.07) is 4.33. The molecule has 1 saturated heterocycles. The molecule has 100 valence electrons. The molecule has 6 heteroatoms. The van der Waals surface area contributed by atoms with Crippen molar-refractivity contribution in [2.24, 2.45) is 0 Å². The molecule has 0 saturated carbocycles. The molecule has 0 aromatic heterocycles. The van der Waals surface area contributed by atoms with Crippen molar-refractivity contribution in [2.45, 2.75) is 19.1 Å². The van der Waals surface area contributed by atoms with E-state index in [-0.39, 0.29) is 6.04 Å². The lowest BCUT2D eigenvalue weighted by molar-refractivity contribution is -0.137. The second kappa shape index (κ2) is 5.09. The summed E-state index contributed by atoms with van der Waals surface area (Å²) in [6.45, 7) is 4.25. The van der Waals surface area contributed by atoms with E-state index in [1.807, 2.05) is 11.8 Å². The van der Waals surface area contributed by atoms with Crippen LogP contribution < -0.4 is 10.2 Å². The van der Waals surface area contributed by atoms with Gasteiger partial charge < -0.3 is 10.2 Å². The summed E-state index contributed by atoms with van der Waals surface area (Å²) in [5.74, 6) is 0. The van der Waals surface area contributed by atoms with E-state index in [1.54, 1.807) is 6.07 Å². The highest BCUT2D eigenvalue weighted by molar-refractivity contribution is 9.10. The van der Waals surface area contributed by atoms with E-state index in [0.29, 0.717) is 16.7 Å². The minimum Gasteiger partial charge on any atom is -0.369 e. The second-order valence-corrected chi connectivity index (χ2v) is 5.41. The molecule has 1 heterocycles. The quantitative estimate of drug-likeness (QED) is 0.853. The van der Waals surface area contributed by atoms with Crippen molar-refractivity contribution < 1.29 is 13.2 Å². The van der Waals surface area contributed by atoms with Gasteiger partial charge in [0.2, 0.25) is 0 Å². The fraction of sp³-hybridized carbons (Fsp3) is 0.500. The van der Waals surface area contributed by atoms with E-state index in [2.05, 4.69) is 21.2 Å². The normalized spacial score (nSPS) is 21.2. The molecule has 0 spiro atoms. The number of alkyl halides is 3. The van der Waals surface area contributed by atoms with Crippen molar-refractivity contribution >= 4 is 21.6 Å². The van der Waals surface area contributed by atoms with Gasteiger partial charge in [0, 0.05) is 35.8 Å². The largest absolute Gasteiger partial charge is 0.416 e. The van der Waals surface area contributed by atoms with Crippen molar-refractivity contribution in [2.75, 3.05) is 24.5 Å². The zero-order valence-electron chi connectivity index (χ0n) is 9.89. The number of piperazine rings is 1. The SMILES string of the molecule is CC1CN(c2cc(Br)cc(C(F)(F)F)c2)CCN1. The van der Waals surface area contributed by atoms with E-state index in [1.165, 1.54) is 6.07 Å².